The number of phenols is 3. The first-order valence-corrected chi connectivity index (χ1v) is 6.45. The average Bonchev–Trinajstić information content (AvgIpc) is 2.84. The molecule has 1 aliphatic rings. The van der Waals surface area contributed by atoms with Crippen LogP contribution in [0.15, 0.2) is 16.7 Å². The van der Waals surface area contributed by atoms with Gasteiger partial charge in [-0.3, -0.25) is 4.79 Å². The van der Waals surface area contributed by atoms with Crippen molar-refractivity contribution in [2.75, 3.05) is 6.54 Å². The van der Waals surface area contributed by atoms with Crippen molar-refractivity contribution in [3.63, 3.8) is 0 Å². The van der Waals surface area contributed by atoms with E-state index in [1.54, 1.807) is 0 Å². The minimum Gasteiger partial charge on any atom is -0.504 e. The topological polar surface area (TPSA) is 107 Å². The van der Waals surface area contributed by atoms with Gasteiger partial charge in [0, 0.05) is 17.7 Å². The van der Waals surface area contributed by atoms with Gasteiger partial charge in [-0.05, 0) is 25.5 Å². The lowest BCUT2D eigenvalue weighted by Crippen LogP contribution is -2.35. The summed E-state index contributed by atoms with van der Waals surface area (Å²) in [6.07, 6.45) is 0.645. The molecule has 3 rings (SSSR count). The van der Waals surface area contributed by atoms with Gasteiger partial charge in [0.1, 0.15) is 0 Å². The van der Waals surface area contributed by atoms with Gasteiger partial charge in [0.05, 0.1) is 12.2 Å². The maximum Gasteiger partial charge on any atom is 0.254 e. The molecule has 0 fully saturated rings. The van der Waals surface area contributed by atoms with E-state index in [-0.39, 0.29) is 18.0 Å². The van der Waals surface area contributed by atoms with Gasteiger partial charge in [0.2, 0.25) is 0 Å². The first-order chi connectivity index (χ1) is 9.97. The molecule has 21 heavy (non-hydrogen) atoms. The Morgan fingerprint density at radius 1 is 1.29 bits per heavy atom. The first kappa shape index (κ1) is 13.3. The van der Waals surface area contributed by atoms with E-state index in [2.05, 4.69) is 5.16 Å². The van der Waals surface area contributed by atoms with Gasteiger partial charge >= 0.3 is 0 Å². The van der Waals surface area contributed by atoms with Crippen LogP contribution in [0.2, 0.25) is 0 Å². The summed E-state index contributed by atoms with van der Waals surface area (Å²) in [6, 6.07) is 2.25. The lowest BCUT2D eigenvalue weighted by molar-refractivity contribution is 0.0715. The van der Waals surface area contributed by atoms with Crippen LogP contribution in [0.3, 0.4) is 0 Å². The molecule has 0 spiro atoms. The Labute approximate surface area is 120 Å². The van der Waals surface area contributed by atoms with Crippen LogP contribution in [0.4, 0.5) is 0 Å². The van der Waals surface area contributed by atoms with Crippen LogP contribution in [0.25, 0.3) is 0 Å². The molecule has 2 heterocycles. The van der Waals surface area contributed by atoms with E-state index < -0.39 is 17.2 Å². The fourth-order valence-corrected chi connectivity index (χ4v) is 2.46. The number of aromatic nitrogens is 1. The minimum atomic E-state index is -0.640. The van der Waals surface area contributed by atoms with Crippen LogP contribution < -0.4 is 0 Å². The second kappa shape index (κ2) is 4.69. The highest BCUT2D eigenvalue weighted by Gasteiger charge is 2.27. The summed E-state index contributed by atoms with van der Waals surface area (Å²) in [6.45, 7) is 2.64. The van der Waals surface area contributed by atoms with E-state index in [1.165, 1.54) is 4.90 Å². The largest absolute Gasteiger partial charge is 0.504 e. The van der Waals surface area contributed by atoms with Gasteiger partial charge in [-0.2, -0.15) is 0 Å². The molecule has 0 saturated heterocycles. The molecular formula is C14H14N2O5. The molecule has 1 aromatic carbocycles. The molecule has 1 amide bonds. The predicted molar refractivity (Wildman–Crippen MR) is 71.1 cm³/mol. The molecule has 2 aromatic rings. The zero-order chi connectivity index (χ0) is 15.1. The third kappa shape index (κ3) is 2.16. The second-order valence-corrected chi connectivity index (χ2v) is 5.01. The molecule has 1 aliphatic heterocycles. The Kier molecular flexibility index (Phi) is 2.97. The SMILES string of the molecule is Cc1noc2c1CCN(C(=O)c1cc(O)c(O)c(O)c1)C2. The lowest BCUT2D eigenvalue weighted by Gasteiger charge is -2.25. The predicted octanol–water partition coefficient (Wildman–Crippen LogP) is 1.30. The fraction of sp³-hybridized carbons (Fsp3) is 0.286. The van der Waals surface area contributed by atoms with E-state index in [9.17, 15) is 20.1 Å². The number of benzene rings is 1. The van der Waals surface area contributed by atoms with Crippen LogP contribution in [0.1, 0.15) is 27.4 Å². The van der Waals surface area contributed by atoms with Crippen LogP contribution in [-0.2, 0) is 13.0 Å². The van der Waals surface area contributed by atoms with Crippen molar-refractivity contribution in [3.8, 4) is 17.2 Å². The molecule has 0 atom stereocenters. The van der Waals surface area contributed by atoms with Gasteiger partial charge in [-0.1, -0.05) is 5.16 Å². The summed E-state index contributed by atoms with van der Waals surface area (Å²) >= 11 is 0. The quantitative estimate of drug-likeness (QED) is 0.683. The van der Waals surface area contributed by atoms with Crippen LogP contribution >= 0.6 is 0 Å². The zero-order valence-electron chi connectivity index (χ0n) is 11.3. The number of carbonyl (C=O) groups excluding carboxylic acids is 1. The fourth-order valence-electron chi connectivity index (χ4n) is 2.46. The number of rotatable bonds is 1. The number of fused-ring (bicyclic) bond motifs is 1. The normalized spacial score (nSPS) is 14.0. The van der Waals surface area contributed by atoms with Crippen molar-refractivity contribution in [2.45, 2.75) is 19.9 Å². The Hall–Kier alpha value is -2.70. The van der Waals surface area contributed by atoms with Gasteiger partial charge in [-0.15, -0.1) is 0 Å². The number of carbonyl (C=O) groups is 1. The third-order valence-electron chi connectivity index (χ3n) is 3.64. The number of phenolic OH excluding ortho intramolecular Hbond substituents is 3. The number of hydrogen-bond donors (Lipinski definition) is 3. The molecule has 7 nitrogen and oxygen atoms in total. The Morgan fingerprint density at radius 3 is 2.62 bits per heavy atom. The summed E-state index contributed by atoms with van der Waals surface area (Å²) in [5.74, 6) is -1.42. The molecule has 0 radical (unpaired) electrons. The summed E-state index contributed by atoms with van der Waals surface area (Å²) in [7, 11) is 0. The molecule has 3 N–H and O–H groups in total. The van der Waals surface area contributed by atoms with Crippen molar-refractivity contribution >= 4 is 5.91 Å². The van der Waals surface area contributed by atoms with Gasteiger partial charge < -0.3 is 24.7 Å². The number of nitrogens with zero attached hydrogens (tertiary/aromatic N) is 2. The Balaban J connectivity index is 1.87. The molecule has 0 saturated carbocycles. The van der Waals surface area contributed by atoms with Gasteiger partial charge in [0.25, 0.3) is 5.91 Å². The summed E-state index contributed by atoms with van der Waals surface area (Å²) < 4.78 is 5.19. The first-order valence-electron chi connectivity index (χ1n) is 6.45. The van der Waals surface area contributed by atoms with Crippen LogP contribution in [0, 0.1) is 6.92 Å². The summed E-state index contributed by atoms with van der Waals surface area (Å²) in [5.41, 5.74) is 1.95. The molecule has 7 heteroatoms. The smallest absolute Gasteiger partial charge is 0.254 e. The van der Waals surface area contributed by atoms with Crippen molar-refractivity contribution in [2.24, 2.45) is 0 Å². The van der Waals surface area contributed by atoms with Gasteiger partial charge in [-0.25, -0.2) is 0 Å². The van der Waals surface area contributed by atoms with E-state index in [1.807, 2.05) is 6.92 Å². The third-order valence-corrected chi connectivity index (χ3v) is 3.64. The van der Waals surface area contributed by atoms with E-state index in [0.717, 1.165) is 23.4 Å². The van der Waals surface area contributed by atoms with Crippen LogP contribution in [-0.4, -0.2) is 37.8 Å². The van der Waals surface area contributed by atoms with Gasteiger partial charge in [0.15, 0.2) is 23.0 Å². The molecule has 0 aliphatic carbocycles. The van der Waals surface area contributed by atoms with Crippen molar-refractivity contribution in [3.05, 3.63) is 34.7 Å². The molecule has 1 aromatic heterocycles. The summed E-state index contributed by atoms with van der Waals surface area (Å²) in [5, 5.41) is 32.1. The molecule has 110 valence electrons. The lowest BCUT2D eigenvalue weighted by atomic mass is 10.0. The maximum absolute atomic E-state index is 12.4. The molecule has 0 unspecified atom stereocenters. The molecular weight excluding hydrogens is 276 g/mol. The highest BCUT2D eigenvalue weighted by molar-refractivity contribution is 5.95. The monoisotopic (exact) mass is 290 g/mol. The minimum absolute atomic E-state index is 0.0995. The Morgan fingerprint density at radius 2 is 1.95 bits per heavy atom. The van der Waals surface area contributed by atoms with E-state index in [4.69, 9.17) is 4.52 Å². The average molecular weight is 290 g/mol. The maximum atomic E-state index is 12.4. The zero-order valence-corrected chi connectivity index (χ0v) is 11.3. The molecule has 0 bridgehead atoms. The number of amides is 1. The number of hydrogen-bond acceptors (Lipinski definition) is 6. The number of aromatic hydroxyl groups is 3. The van der Waals surface area contributed by atoms with E-state index >= 15 is 0 Å². The van der Waals surface area contributed by atoms with Crippen molar-refractivity contribution in [1.82, 2.24) is 10.1 Å². The van der Waals surface area contributed by atoms with E-state index in [0.29, 0.717) is 18.7 Å². The Bertz CT molecular complexity index is 699. The summed E-state index contributed by atoms with van der Waals surface area (Å²) in [4.78, 5) is 13.9. The van der Waals surface area contributed by atoms with Crippen LogP contribution in [0.5, 0.6) is 17.2 Å². The second-order valence-electron chi connectivity index (χ2n) is 5.01. The van der Waals surface area contributed by atoms with Crippen molar-refractivity contribution in [1.29, 1.82) is 0 Å². The standard InChI is InChI=1S/C14H14N2O5/c1-7-9-2-3-16(6-12(9)21-15-7)14(20)8-4-10(17)13(19)11(18)5-8/h4-5,17-19H,2-3,6H2,1H3. The van der Waals surface area contributed by atoms with Crippen molar-refractivity contribution < 1.29 is 24.6 Å². The number of aryl methyl sites for hydroxylation is 1. The highest BCUT2D eigenvalue weighted by atomic mass is 16.5. The highest BCUT2D eigenvalue weighted by Crippen LogP contribution is 2.36.